The number of hydrogen-bond acceptors (Lipinski definition) is 3. The first-order valence-corrected chi connectivity index (χ1v) is 9.07. The predicted octanol–water partition coefficient (Wildman–Crippen LogP) is 3.34. The number of imide groups is 1. The third-order valence-corrected chi connectivity index (χ3v) is 5.65. The third kappa shape index (κ3) is 2.42. The van der Waals surface area contributed by atoms with Crippen LogP contribution in [0.4, 0.5) is 10.5 Å². The van der Waals surface area contributed by atoms with Crippen molar-refractivity contribution >= 4 is 62.7 Å². The summed E-state index contributed by atoms with van der Waals surface area (Å²) in [4.78, 5) is 38.9. The summed E-state index contributed by atoms with van der Waals surface area (Å²) in [6.07, 6.45) is 0. The van der Waals surface area contributed by atoms with E-state index in [0.717, 1.165) is 5.56 Å². The van der Waals surface area contributed by atoms with Gasteiger partial charge in [0.15, 0.2) is 0 Å². The van der Waals surface area contributed by atoms with Gasteiger partial charge in [0.1, 0.15) is 0 Å². The zero-order valence-electron chi connectivity index (χ0n) is 13.0. The van der Waals surface area contributed by atoms with Crippen LogP contribution in [0.25, 0.3) is 0 Å². The molecule has 132 valence electrons. The fraction of sp³-hybridized carbons (Fsp3) is 0.118. The molecule has 1 atom stereocenters. The van der Waals surface area contributed by atoms with Crippen LogP contribution < -0.4 is 15.5 Å². The Hall–Kier alpha value is -2.09. The van der Waals surface area contributed by atoms with E-state index in [-0.39, 0.29) is 6.54 Å². The highest BCUT2D eigenvalue weighted by atomic mass is 79.9. The molecule has 0 radical (unpaired) electrons. The number of carbonyl (C=O) groups is 3. The van der Waals surface area contributed by atoms with Gasteiger partial charge in [-0.3, -0.25) is 14.9 Å². The number of anilines is 1. The molecule has 2 aliphatic heterocycles. The van der Waals surface area contributed by atoms with Crippen molar-refractivity contribution in [3.05, 3.63) is 62.0 Å². The molecule has 2 aliphatic rings. The summed E-state index contributed by atoms with van der Waals surface area (Å²) in [5.74, 6) is -1.22. The predicted molar refractivity (Wildman–Crippen MR) is 100 cm³/mol. The van der Waals surface area contributed by atoms with Gasteiger partial charge >= 0.3 is 6.03 Å². The lowest BCUT2D eigenvalue weighted by atomic mass is 9.91. The third-order valence-electron chi connectivity index (χ3n) is 4.41. The first-order valence-electron chi connectivity index (χ1n) is 7.52. The Labute approximate surface area is 166 Å². The Kier molecular flexibility index (Phi) is 3.98. The number of benzene rings is 2. The number of nitrogens with zero attached hydrogens (tertiary/aromatic N) is 1. The van der Waals surface area contributed by atoms with Gasteiger partial charge in [0, 0.05) is 10.0 Å². The fourth-order valence-corrected chi connectivity index (χ4v) is 3.93. The van der Waals surface area contributed by atoms with Crippen LogP contribution in [0, 0.1) is 0 Å². The van der Waals surface area contributed by atoms with Crippen molar-refractivity contribution in [2.24, 2.45) is 0 Å². The highest BCUT2D eigenvalue weighted by Gasteiger charge is 2.61. The maximum absolute atomic E-state index is 13.2. The van der Waals surface area contributed by atoms with Gasteiger partial charge in [0.05, 0.1) is 22.3 Å². The lowest BCUT2D eigenvalue weighted by molar-refractivity contribution is -0.134. The van der Waals surface area contributed by atoms with E-state index in [1.807, 2.05) is 0 Å². The van der Waals surface area contributed by atoms with E-state index in [1.165, 1.54) is 4.90 Å². The Morgan fingerprint density at radius 1 is 1.04 bits per heavy atom. The van der Waals surface area contributed by atoms with Crippen molar-refractivity contribution in [1.82, 2.24) is 10.6 Å². The molecule has 9 heteroatoms. The van der Waals surface area contributed by atoms with E-state index in [9.17, 15) is 14.4 Å². The molecule has 1 saturated heterocycles. The smallest absolute Gasteiger partial charge is 0.312 e. The monoisotopic (exact) mass is 453 g/mol. The minimum atomic E-state index is -1.76. The molecule has 6 nitrogen and oxygen atoms in total. The van der Waals surface area contributed by atoms with Crippen LogP contribution in [0.2, 0.25) is 10.0 Å². The molecule has 1 spiro atoms. The lowest BCUT2D eigenvalue weighted by Crippen LogP contribution is -2.52. The van der Waals surface area contributed by atoms with E-state index in [0.29, 0.717) is 25.8 Å². The summed E-state index contributed by atoms with van der Waals surface area (Å²) >= 11 is 15.3. The van der Waals surface area contributed by atoms with E-state index < -0.39 is 23.4 Å². The highest BCUT2D eigenvalue weighted by Crippen LogP contribution is 2.44. The topological polar surface area (TPSA) is 78.5 Å². The first-order chi connectivity index (χ1) is 12.3. The number of nitrogens with one attached hydrogen (secondary N) is 2. The lowest BCUT2D eigenvalue weighted by Gasteiger charge is -2.21. The normalized spacial score (nSPS) is 21.2. The fourth-order valence-electron chi connectivity index (χ4n) is 3.24. The largest absolute Gasteiger partial charge is 0.323 e. The van der Waals surface area contributed by atoms with E-state index >= 15 is 0 Å². The average molecular weight is 455 g/mol. The van der Waals surface area contributed by atoms with Gasteiger partial charge in [-0.25, -0.2) is 4.79 Å². The number of fused-ring (bicyclic) bond motifs is 2. The van der Waals surface area contributed by atoms with Crippen molar-refractivity contribution in [3.63, 3.8) is 0 Å². The molecular weight excluding hydrogens is 445 g/mol. The van der Waals surface area contributed by atoms with Crippen LogP contribution in [0.1, 0.15) is 11.1 Å². The molecule has 2 aromatic rings. The number of urea groups is 1. The minimum Gasteiger partial charge on any atom is -0.312 e. The van der Waals surface area contributed by atoms with Gasteiger partial charge in [-0.05, 0) is 35.9 Å². The second kappa shape index (κ2) is 5.97. The van der Waals surface area contributed by atoms with Crippen molar-refractivity contribution in [2.75, 3.05) is 4.90 Å². The van der Waals surface area contributed by atoms with Crippen molar-refractivity contribution < 1.29 is 14.4 Å². The summed E-state index contributed by atoms with van der Waals surface area (Å²) in [5.41, 5.74) is -0.0582. The summed E-state index contributed by atoms with van der Waals surface area (Å²) in [7, 11) is 0. The van der Waals surface area contributed by atoms with Crippen LogP contribution >= 0.6 is 39.1 Å². The molecule has 1 fully saturated rings. The van der Waals surface area contributed by atoms with Gasteiger partial charge in [0.2, 0.25) is 5.54 Å². The van der Waals surface area contributed by atoms with E-state index in [1.54, 1.807) is 36.4 Å². The van der Waals surface area contributed by atoms with Crippen LogP contribution in [0.15, 0.2) is 40.9 Å². The second-order valence-electron chi connectivity index (χ2n) is 5.96. The van der Waals surface area contributed by atoms with Crippen molar-refractivity contribution in [1.29, 1.82) is 0 Å². The van der Waals surface area contributed by atoms with Crippen LogP contribution in [-0.4, -0.2) is 17.8 Å². The van der Waals surface area contributed by atoms with Crippen LogP contribution in [-0.2, 0) is 21.7 Å². The standard InChI is InChI=1S/C17H10BrCl2N3O3/c18-9-2-4-13-10(6-9)17(14(24)21-16(26)22-17)15(25)23(13)7-8-1-3-11(19)12(20)5-8/h1-6H,7H2,(H2,21,22,24,26). The molecule has 0 aliphatic carbocycles. The van der Waals surface area contributed by atoms with Gasteiger partial charge in [-0.15, -0.1) is 0 Å². The van der Waals surface area contributed by atoms with Gasteiger partial charge in [0.25, 0.3) is 11.8 Å². The molecule has 2 aromatic carbocycles. The van der Waals surface area contributed by atoms with Gasteiger partial charge in [-0.1, -0.05) is 45.2 Å². The molecule has 1 unspecified atom stereocenters. The average Bonchev–Trinajstić information content (AvgIpc) is 3.01. The number of halogens is 3. The number of hydrogen-bond donors (Lipinski definition) is 2. The molecular formula is C17H10BrCl2N3O3. The molecule has 26 heavy (non-hydrogen) atoms. The van der Waals surface area contributed by atoms with Gasteiger partial charge in [-0.2, -0.15) is 0 Å². The molecule has 2 N–H and O–H groups in total. The summed E-state index contributed by atoms with van der Waals surface area (Å²) in [6.45, 7) is 0.176. The Morgan fingerprint density at radius 3 is 2.46 bits per heavy atom. The molecule has 0 aromatic heterocycles. The quantitative estimate of drug-likeness (QED) is 0.539. The van der Waals surface area contributed by atoms with Crippen molar-refractivity contribution in [3.8, 4) is 0 Å². The van der Waals surface area contributed by atoms with E-state index in [2.05, 4.69) is 26.6 Å². The molecule has 4 rings (SSSR count). The zero-order valence-corrected chi connectivity index (χ0v) is 16.1. The maximum atomic E-state index is 13.2. The molecule has 0 saturated carbocycles. The molecule has 2 heterocycles. The summed E-state index contributed by atoms with van der Waals surface area (Å²) in [6, 6.07) is 9.50. The highest BCUT2D eigenvalue weighted by molar-refractivity contribution is 9.10. The zero-order chi connectivity index (χ0) is 18.6. The van der Waals surface area contributed by atoms with Crippen LogP contribution in [0.5, 0.6) is 0 Å². The summed E-state index contributed by atoms with van der Waals surface area (Å²) < 4.78 is 0.689. The maximum Gasteiger partial charge on any atom is 0.323 e. The molecule has 4 amide bonds. The molecule has 0 bridgehead atoms. The number of amides is 4. The second-order valence-corrected chi connectivity index (χ2v) is 7.69. The number of carbonyl (C=O) groups excluding carboxylic acids is 3. The number of rotatable bonds is 2. The Balaban J connectivity index is 1.82. The SMILES string of the molecule is O=C1NC(=O)C2(N1)C(=O)N(Cc1ccc(Cl)c(Cl)c1)c1ccc(Br)cc12. The van der Waals surface area contributed by atoms with Crippen molar-refractivity contribution in [2.45, 2.75) is 12.1 Å². The van der Waals surface area contributed by atoms with E-state index in [4.69, 9.17) is 23.2 Å². The first kappa shape index (κ1) is 17.3. The minimum absolute atomic E-state index is 0.176. The summed E-state index contributed by atoms with van der Waals surface area (Å²) in [5, 5.41) is 5.42. The Morgan fingerprint density at radius 2 is 1.81 bits per heavy atom. The van der Waals surface area contributed by atoms with Crippen LogP contribution in [0.3, 0.4) is 0 Å². The Bertz CT molecular complexity index is 997. The van der Waals surface area contributed by atoms with Gasteiger partial charge < -0.3 is 10.2 Å².